The molecule has 0 saturated heterocycles. The standard InChI is InChI=1S/C12H19NO4S/c1-10(2)17-8-7-13-18(15,16)12-6-4-3-5-11(12)9-14/h3-6,10,13-14H,7-9H2,1-2H3. The van der Waals surface area contributed by atoms with Crippen molar-refractivity contribution in [3.05, 3.63) is 29.8 Å². The molecular formula is C12H19NO4S. The number of benzene rings is 1. The van der Waals surface area contributed by atoms with Gasteiger partial charge in [0.25, 0.3) is 0 Å². The topological polar surface area (TPSA) is 75.6 Å². The van der Waals surface area contributed by atoms with E-state index in [0.29, 0.717) is 12.2 Å². The van der Waals surface area contributed by atoms with Gasteiger partial charge in [-0.3, -0.25) is 0 Å². The molecule has 0 heterocycles. The van der Waals surface area contributed by atoms with E-state index < -0.39 is 10.0 Å². The number of aliphatic hydroxyl groups is 1. The van der Waals surface area contributed by atoms with Gasteiger partial charge in [0, 0.05) is 6.54 Å². The highest BCUT2D eigenvalue weighted by molar-refractivity contribution is 7.89. The molecule has 0 radical (unpaired) electrons. The maximum Gasteiger partial charge on any atom is 0.241 e. The predicted molar refractivity (Wildman–Crippen MR) is 68.6 cm³/mol. The quantitative estimate of drug-likeness (QED) is 0.723. The Bertz CT molecular complexity index is 471. The highest BCUT2D eigenvalue weighted by atomic mass is 32.2. The molecule has 0 saturated carbocycles. The zero-order valence-corrected chi connectivity index (χ0v) is 11.4. The van der Waals surface area contributed by atoms with Crippen molar-refractivity contribution in [3.63, 3.8) is 0 Å². The number of hydrogen-bond acceptors (Lipinski definition) is 4. The Morgan fingerprint density at radius 1 is 1.33 bits per heavy atom. The zero-order valence-electron chi connectivity index (χ0n) is 10.6. The third-order valence-corrected chi connectivity index (χ3v) is 3.84. The molecule has 0 bridgehead atoms. The fourth-order valence-corrected chi connectivity index (χ4v) is 2.69. The molecule has 1 rings (SSSR count). The molecule has 0 unspecified atom stereocenters. The summed E-state index contributed by atoms with van der Waals surface area (Å²) in [6, 6.07) is 6.36. The Hall–Kier alpha value is -0.950. The third kappa shape index (κ3) is 4.38. The molecule has 2 N–H and O–H groups in total. The molecule has 5 nitrogen and oxygen atoms in total. The Labute approximate surface area is 108 Å². The van der Waals surface area contributed by atoms with E-state index in [-0.39, 0.29) is 24.2 Å². The van der Waals surface area contributed by atoms with Crippen molar-refractivity contribution in [2.45, 2.75) is 31.5 Å². The second-order valence-electron chi connectivity index (χ2n) is 4.08. The Balaban J connectivity index is 2.68. The number of sulfonamides is 1. The average molecular weight is 273 g/mol. The lowest BCUT2D eigenvalue weighted by atomic mass is 10.2. The molecule has 6 heteroatoms. The van der Waals surface area contributed by atoms with Crippen molar-refractivity contribution in [2.75, 3.05) is 13.2 Å². The molecule has 0 atom stereocenters. The molecule has 0 aliphatic heterocycles. The second-order valence-corrected chi connectivity index (χ2v) is 5.82. The normalized spacial score (nSPS) is 12.0. The van der Waals surface area contributed by atoms with Crippen LogP contribution in [0, 0.1) is 0 Å². The van der Waals surface area contributed by atoms with Crippen LogP contribution < -0.4 is 4.72 Å². The second kappa shape index (κ2) is 6.84. The van der Waals surface area contributed by atoms with Gasteiger partial charge >= 0.3 is 0 Å². The van der Waals surface area contributed by atoms with Crippen molar-refractivity contribution in [3.8, 4) is 0 Å². The van der Waals surface area contributed by atoms with Gasteiger partial charge < -0.3 is 9.84 Å². The van der Waals surface area contributed by atoms with Gasteiger partial charge in [-0.15, -0.1) is 0 Å². The van der Waals surface area contributed by atoms with E-state index in [9.17, 15) is 8.42 Å². The van der Waals surface area contributed by atoms with Crippen LogP contribution >= 0.6 is 0 Å². The molecule has 0 aliphatic rings. The van der Waals surface area contributed by atoms with Crippen LogP contribution in [0.1, 0.15) is 19.4 Å². The molecule has 102 valence electrons. The van der Waals surface area contributed by atoms with E-state index in [1.54, 1.807) is 18.2 Å². The summed E-state index contributed by atoms with van der Waals surface area (Å²) < 4.78 is 31.7. The third-order valence-electron chi connectivity index (χ3n) is 2.28. The average Bonchev–Trinajstić information content (AvgIpc) is 2.34. The van der Waals surface area contributed by atoms with Crippen LogP contribution in [0.25, 0.3) is 0 Å². The summed E-state index contributed by atoms with van der Waals surface area (Å²) in [7, 11) is -3.59. The molecule has 0 spiro atoms. The largest absolute Gasteiger partial charge is 0.392 e. The fraction of sp³-hybridized carbons (Fsp3) is 0.500. The molecular weight excluding hydrogens is 254 g/mol. The first-order valence-corrected chi connectivity index (χ1v) is 7.25. The van der Waals surface area contributed by atoms with Crippen molar-refractivity contribution in [2.24, 2.45) is 0 Å². The van der Waals surface area contributed by atoms with Gasteiger partial charge in [0.05, 0.1) is 24.2 Å². The van der Waals surface area contributed by atoms with Crippen LogP contribution in [-0.4, -0.2) is 32.8 Å². The summed E-state index contributed by atoms with van der Waals surface area (Å²) in [6.07, 6.45) is 0.0687. The minimum atomic E-state index is -3.59. The van der Waals surface area contributed by atoms with E-state index in [4.69, 9.17) is 9.84 Å². The lowest BCUT2D eigenvalue weighted by Gasteiger charge is -2.11. The Kier molecular flexibility index (Phi) is 5.74. The number of ether oxygens (including phenoxy) is 1. The molecule has 1 aromatic rings. The van der Waals surface area contributed by atoms with E-state index in [1.807, 2.05) is 13.8 Å². The summed E-state index contributed by atoms with van der Waals surface area (Å²) in [5.74, 6) is 0. The smallest absolute Gasteiger partial charge is 0.241 e. The minimum Gasteiger partial charge on any atom is -0.392 e. The zero-order chi connectivity index (χ0) is 13.6. The van der Waals surface area contributed by atoms with Crippen molar-refractivity contribution in [1.82, 2.24) is 4.72 Å². The van der Waals surface area contributed by atoms with Gasteiger partial charge in [-0.05, 0) is 25.5 Å². The van der Waals surface area contributed by atoms with Gasteiger partial charge in [0.15, 0.2) is 0 Å². The van der Waals surface area contributed by atoms with E-state index in [1.165, 1.54) is 6.07 Å². The van der Waals surface area contributed by atoms with Gasteiger partial charge in [0.1, 0.15) is 0 Å². The van der Waals surface area contributed by atoms with E-state index in [2.05, 4.69) is 4.72 Å². The Morgan fingerprint density at radius 3 is 2.61 bits per heavy atom. The molecule has 0 amide bonds. The van der Waals surface area contributed by atoms with Gasteiger partial charge in [-0.1, -0.05) is 18.2 Å². The summed E-state index contributed by atoms with van der Waals surface area (Å²) in [5.41, 5.74) is 0.384. The lowest BCUT2D eigenvalue weighted by molar-refractivity contribution is 0.0834. The number of nitrogens with one attached hydrogen (secondary N) is 1. The lowest BCUT2D eigenvalue weighted by Crippen LogP contribution is -2.29. The molecule has 0 aliphatic carbocycles. The van der Waals surface area contributed by atoms with Crippen molar-refractivity contribution >= 4 is 10.0 Å². The minimum absolute atomic E-state index is 0.0687. The predicted octanol–water partition coefficient (Wildman–Crippen LogP) is 0.882. The maximum absolute atomic E-state index is 12.0. The van der Waals surface area contributed by atoms with E-state index in [0.717, 1.165) is 0 Å². The van der Waals surface area contributed by atoms with Crippen LogP contribution in [0.2, 0.25) is 0 Å². The fourth-order valence-electron chi connectivity index (χ4n) is 1.45. The SMILES string of the molecule is CC(C)OCCNS(=O)(=O)c1ccccc1CO. The van der Waals surface area contributed by atoms with Crippen LogP contribution in [0.5, 0.6) is 0 Å². The van der Waals surface area contributed by atoms with Gasteiger partial charge in [-0.25, -0.2) is 13.1 Å². The number of aliphatic hydroxyl groups excluding tert-OH is 1. The summed E-state index contributed by atoms with van der Waals surface area (Å²) in [5, 5.41) is 9.11. The summed E-state index contributed by atoms with van der Waals surface area (Å²) >= 11 is 0. The van der Waals surface area contributed by atoms with Crippen molar-refractivity contribution in [1.29, 1.82) is 0 Å². The van der Waals surface area contributed by atoms with Crippen LogP contribution in [0.4, 0.5) is 0 Å². The first-order valence-electron chi connectivity index (χ1n) is 5.77. The molecule has 18 heavy (non-hydrogen) atoms. The van der Waals surface area contributed by atoms with Crippen LogP contribution in [0.3, 0.4) is 0 Å². The molecule has 1 aromatic carbocycles. The highest BCUT2D eigenvalue weighted by Crippen LogP contribution is 2.14. The number of hydrogen-bond donors (Lipinski definition) is 2. The molecule has 0 fully saturated rings. The molecule has 0 aromatic heterocycles. The highest BCUT2D eigenvalue weighted by Gasteiger charge is 2.16. The maximum atomic E-state index is 12.0. The first-order chi connectivity index (χ1) is 8.47. The first kappa shape index (κ1) is 15.1. The summed E-state index contributed by atoms with van der Waals surface area (Å²) in [4.78, 5) is 0.108. The summed E-state index contributed by atoms with van der Waals surface area (Å²) in [6.45, 7) is 3.99. The van der Waals surface area contributed by atoms with Gasteiger partial charge in [-0.2, -0.15) is 0 Å². The number of rotatable bonds is 7. The van der Waals surface area contributed by atoms with Crippen LogP contribution in [-0.2, 0) is 21.4 Å². The van der Waals surface area contributed by atoms with Crippen molar-refractivity contribution < 1.29 is 18.3 Å². The Morgan fingerprint density at radius 2 is 2.00 bits per heavy atom. The monoisotopic (exact) mass is 273 g/mol. The van der Waals surface area contributed by atoms with Crippen LogP contribution in [0.15, 0.2) is 29.2 Å². The van der Waals surface area contributed by atoms with E-state index >= 15 is 0 Å². The van der Waals surface area contributed by atoms with Gasteiger partial charge in [0.2, 0.25) is 10.0 Å².